The lowest BCUT2D eigenvalue weighted by Gasteiger charge is -2.29. The summed E-state index contributed by atoms with van der Waals surface area (Å²) in [5, 5.41) is 0.667. The van der Waals surface area contributed by atoms with Crippen LogP contribution in [-0.2, 0) is 16.2 Å². The summed E-state index contributed by atoms with van der Waals surface area (Å²) in [5.41, 5.74) is -1.23. The molecule has 1 atom stereocenters. The molecule has 1 heterocycles. The third kappa shape index (κ3) is 4.84. The van der Waals surface area contributed by atoms with Crippen LogP contribution in [0, 0.1) is 17.0 Å². The molecule has 0 bridgehead atoms. The van der Waals surface area contributed by atoms with Gasteiger partial charge in [-0.1, -0.05) is 20.7 Å². The van der Waals surface area contributed by atoms with Crippen LogP contribution in [0.5, 0.6) is 0 Å². The lowest BCUT2D eigenvalue weighted by molar-refractivity contribution is -0.180. The number of halogens is 2. The van der Waals surface area contributed by atoms with Gasteiger partial charge in [0, 0.05) is 26.6 Å². The number of hydroxylamine groups is 2. The first kappa shape index (κ1) is 16.6. The molecule has 0 saturated carbocycles. The zero-order valence-electron chi connectivity index (χ0n) is 16.4. The number of nitrogens with zero attached hydrogens (tertiary/aromatic N) is 2. The number of rotatable bonds is 5. The van der Waals surface area contributed by atoms with Crippen molar-refractivity contribution < 1.29 is 25.9 Å². The molecule has 2 rings (SSSR count). The lowest BCUT2D eigenvalue weighted by Crippen LogP contribution is -2.41. The number of carbonyl (C=O) groups excluding carboxylic acids is 2. The lowest BCUT2D eigenvalue weighted by atomic mass is 9.89. The first-order chi connectivity index (χ1) is 13.1. The summed E-state index contributed by atoms with van der Waals surface area (Å²) in [6, 6.07) is 5.64. The molecule has 26 heavy (non-hydrogen) atoms. The van der Waals surface area contributed by atoms with E-state index in [1.54, 1.807) is 0 Å². The Morgan fingerprint density at radius 3 is 2.58 bits per heavy atom. The minimum atomic E-state index is -1.37. The Morgan fingerprint density at radius 1 is 1.31 bits per heavy atom. The highest BCUT2D eigenvalue weighted by Gasteiger charge is 2.33. The van der Waals surface area contributed by atoms with Gasteiger partial charge in [0.2, 0.25) is 0 Å². The van der Waals surface area contributed by atoms with Gasteiger partial charge in [0.25, 0.3) is 5.91 Å². The molecular formula is C19H20F2N2O3. The van der Waals surface area contributed by atoms with Crippen molar-refractivity contribution >= 4 is 11.9 Å². The highest BCUT2D eigenvalue weighted by Crippen LogP contribution is 2.25. The molecule has 1 aromatic carbocycles. The fourth-order valence-electron chi connectivity index (χ4n) is 2.06. The predicted molar refractivity (Wildman–Crippen MR) is 90.6 cm³/mol. The van der Waals surface area contributed by atoms with Crippen LogP contribution in [0.2, 0.25) is 0 Å². The van der Waals surface area contributed by atoms with Gasteiger partial charge >= 0.3 is 5.97 Å². The molecule has 7 heteroatoms. The van der Waals surface area contributed by atoms with Gasteiger partial charge in [-0.25, -0.2) is 13.6 Å². The van der Waals surface area contributed by atoms with E-state index in [0.717, 1.165) is 12.1 Å². The summed E-state index contributed by atoms with van der Waals surface area (Å²) >= 11 is 0. The average Bonchev–Trinajstić information content (AvgIpc) is 2.65. The first-order valence-electron chi connectivity index (χ1n) is 9.04. The van der Waals surface area contributed by atoms with E-state index in [-0.39, 0.29) is 18.0 Å². The van der Waals surface area contributed by atoms with Crippen LogP contribution in [0.3, 0.4) is 0 Å². The third-order valence-electron chi connectivity index (χ3n) is 3.63. The summed E-state index contributed by atoms with van der Waals surface area (Å²) in [6.45, 7) is 2.11. The number of benzene rings is 1. The Labute approximate surface area is 153 Å². The maximum absolute atomic E-state index is 13.5. The molecule has 0 fully saturated rings. The molecule has 2 aromatic rings. The molecule has 1 unspecified atom stereocenters. The van der Waals surface area contributed by atoms with Gasteiger partial charge in [0.1, 0.15) is 11.6 Å². The number of hydrogen-bond donors (Lipinski definition) is 0. The molecule has 5 nitrogen and oxygen atoms in total. The molecule has 138 valence electrons. The average molecular weight is 364 g/mol. The van der Waals surface area contributed by atoms with Crippen molar-refractivity contribution in [2.24, 2.45) is 5.41 Å². The topological polar surface area (TPSA) is 59.5 Å². The zero-order valence-corrected chi connectivity index (χ0v) is 14.4. The zero-order chi connectivity index (χ0) is 20.9. The first-order valence-corrected chi connectivity index (χ1v) is 7.76. The van der Waals surface area contributed by atoms with Gasteiger partial charge in [-0.15, -0.1) is 0 Å². The van der Waals surface area contributed by atoms with Crippen LogP contribution >= 0.6 is 0 Å². The maximum atomic E-state index is 13.5. The van der Waals surface area contributed by atoms with E-state index in [4.69, 9.17) is 7.58 Å². The van der Waals surface area contributed by atoms with Crippen LogP contribution < -0.4 is 0 Å². The molecule has 1 amide bonds. The maximum Gasteiger partial charge on any atom is 0.364 e. The molecule has 0 radical (unpaired) electrons. The van der Waals surface area contributed by atoms with Crippen molar-refractivity contribution in [3.05, 3.63) is 65.5 Å². The number of aromatic nitrogens is 1. The quantitative estimate of drug-likeness (QED) is 0.755. The SMILES string of the molecule is [2H]CC([2H])C(C)(C)C(=O)N(Cc1cc(F)cc(F)c1)OC(=O)c1cccnc1. The van der Waals surface area contributed by atoms with Crippen LogP contribution in [0.4, 0.5) is 8.78 Å². The fourth-order valence-corrected chi connectivity index (χ4v) is 2.06. The predicted octanol–water partition coefficient (Wildman–Crippen LogP) is 3.90. The van der Waals surface area contributed by atoms with Crippen LogP contribution in [0.1, 0.15) is 45.8 Å². The summed E-state index contributed by atoms with van der Waals surface area (Å²) in [5.74, 6) is -3.34. The second-order valence-corrected chi connectivity index (χ2v) is 6.17. The summed E-state index contributed by atoms with van der Waals surface area (Å²) < 4.78 is 42.3. The van der Waals surface area contributed by atoms with E-state index in [9.17, 15) is 18.4 Å². The Kier molecular flexibility index (Phi) is 5.14. The van der Waals surface area contributed by atoms with E-state index in [1.807, 2.05) is 0 Å². The van der Waals surface area contributed by atoms with E-state index in [2.05, 4.69) is 4.98 Å². The Morgan fingerprint density at radius 2 is 2.00 bits per heavy atom. The van der Waals surface area contributed by atoms with Crippen molar-refractivity contribution in [2.45, 2.75) is 33.7 Å². The van der Waals surface area contributed by atoms with E-state index >= 15 is 0 Å². The second-order valence-electron chi connectivity index (χ2n) is 6.17. The summed E-state index contributed by atoms with van der Waals surface area (Å²) in [6.07, 6.45) is 1.61. The third-order valence-corrected chi connectivity index (χ3v) is 3.63. The van der Waals surface area contributed by atoms with Crippen LogP contribution in [-0.4, -0.2) is 21.9 Å². The largest absolute Gasteiger partial charge is 0.364 e. The van der Waals surface area contributed by atoms with Gasteiger partial charge in [-0.05, 0) is 36.2 Å². The van der Waals surface area contributed by atoms with E-state index < -0.39 is 41.9 Å². The van der Waals surface area contributed by atoms with Gasteiger partial charge < -0.3 is 4.84 Å². The van der Waals surface area contributed by atoms with Gasteiger partial charge in [-0.3, -0.25) is 9.78 Å². The van der Waals surface area contributed by atoms with E-state index in [1.165, 1.54) is 38.4 Å². The minimum absolute atomic E-state index is 0.0630. The van der Waals surface area contributed by atoms with Gasteiger partial charge in [-0.2, -0.15) is 5.06 Å². The monoisotopic (exact) mass is 364 g/mol. The highest BCUT2D eigenvalue weighted by atomic mass is 19.1. The fraction of sp³-hybridized carbons (Fsp3) is 0.316. The molecule has 1 aromatic heterocycles. The van der Waals surface area contributed by atoms with Crippen molar-refractivity contribution in [3.63, 3.8) is 0 Å². The summed E-state index contributed by atoms with van der Waals surface area (Å²) in [4.78, 5) is 34.3. The van der Waals surface area contributed by atoms with Gasteiger partial charge in [0.05, 0.1) is 12.1 Å². The number of amides is 1. The molecule has 0 saturated heterocycles. The number of carbonyl (C=O) groups is 2. The Balaban J connectivity index is 2.34. The van der Waals surface area contributed by atoms with Crippen LogP contribution in [0.25, 0.3) is 0 Å². The standard InChI is InChI=1S/C19H20F2N2O3/c1-4-19(2,3)18(25)23(12-13-8-15(20)10-16(21)9-13)26-17(24)14-6-5-7-22-11-14/h5-11H,4,12H2,1-3H3/i1D,4D. The van der Waals surface area contributed by atoms with Crippen molar-refractivity contribution in [2.75, 3.05) is 0 Å². The second kappa shape index (κ2) is 8.03. The highest BCUT2D eigenvalue weighted by molar-refractivity contribution is 5.90. The Bertz CT molecular complexity index is 830. The number of pyridine rings is 1. The smallest absolute Gasteiger partial charge is 0.332 e. The minimum Gasteiger partial charge on any atom is -0.332 e. The van der Waals surface area contributed by atoms with E-state index in [0.29, 0.717) is 11.1 Å². The molecular weight excluding hydrogens is 342 g/mol. The van der Waals surface area contributed by atoms with Crippen molar-refractivity contribution in [1.29, 1.82) is 0 Å². The van der Waals surface area contributed by atoms with Gasteiger partial charge in [0.15, 0.2) is 0 Å². The molecule has 0 aliphatic heterocycles. The number of hydrogen-bond acceptors (Lipinski definition) is 4. The molecule has 0 aliphatic carbocycles. The Hall–Kier alpha value is -2.83. The van der Waals surface area contributed by atoms with Crippen molar-refractivity contribution in [3.8, 4) is 0 Å². The van der Waals surface area contributed by atoms with Crippen molar-refractivity contribution in [1.82, 2.24) is 10.0 Å². The normalized spacial score (nSPS) is 13.4. The van der Waals surface area contributed by atoms with Crippen LogP contribution in [0.15, 0.2) is 42.7 Å². The molecule has 0 aliphatic rings. The molecule has 0 spiro atoms. The summed E-state index contributed by atoms with van der Waals surface area (Å²) in [7, 11) is 0. The molecule has 0 N–H and O–H groups in total.